The number of rotatable bonds is 2. The Morgan fingerprint density at radius 1 is 0.889 bits per heavy atom. The summed E-state index contributed by atoms with van der Waals surface area (Å²) < 4.78 is -0.872. The highest BCUT2D eigenvalue weighted by atomic mass is 79.9. The highest BCUT2D eigenvalue weighted by Gasteiger charge is 2.55. The average molecular weight is 511 g/mol. The molecule has 1 fully saturated rings. The number of Topliss-reactive ketones (excluding diaryl/α,β-unsaturated/α-hetero) is 2. The molecule has 1 saturated carbocycles. The van der Waals surface area contributed by atoms with E-state index in [1.54, 1.807) is 12.1 Å². The van der Waals surface area contributed by atoms with Gasteiger partial charge in [0, 0.05) is 16.1 Å². The molecular formula is C22H19Br2ClO2. The number of hydrogen-bond donors (Lipinski definition) is 0. The third kappa shape index (κ3) is 3.24. The minimum Gasteiger partial charge on any atom is -0.293 e. The number of carbonyl (C=O) groups is 2. The topological polar surface area (TPSA) is 34.1 Å². The molecule has 27 heavy (non-hydrogen) atoms. The van der Waals surface area contributed by atoms with Gasteiger partial charge >= 0.3 is 0 Å². The molecular weight excluding hydrogens is 492 g/mol. The van der Waals surface area contributed by atoms with Crippen molar-refractivity contribution in [3.8, 4) is 0 Å². The minimum absolute atomic E-state index is 0.0121. The van der Waals surface area contributed by atoms with Crippen molar-refractivity contribution in [1.29, 1.82) is 0 Å². The zero-order valence-electron chi connectivity index (χ0n) is 14.6. The van der Waals surface area contributed by atoms with E-state index in [-0.39, 0.29) is 17.5 Å². The third-order valence-electron chi connectivity index (χ3n) is 6.05. The standard InChI is InChI=1S/C22H19Br2ClO2/c23-20-19(26)17-3-1-2-4-18(17)21(27)22(20,24)15-9-5-13(6-10-15)14-7-11-16(25)12-8-14/h1-4,7-8,11-13,15,20H,5-6,9-10H2. The zero-order valence-corrected chi connectivity index (χ0v) is 18.6. The number of benzene rings is 2. The summed E-state index contributed by atoms with van der Waals surface area (Å²) in [6.07, 6.45) is 3.81. The van der Waals surface area contributed by atoms with Crippen LogP contribution in [0.25, 0.3) is 0 Å². The Hall–Kier alpha value is -0.970. The lowest BCUT2D eigenvalue weighted by atomic mass is 9.68. The summed E-state index contributed by atoms with van der Waals surface area (Å²) in [4.78, 5) is 25.7. The van der Waals surface area contributed by atoms with E-state index in [1.807, 2.05) is 24.3 Å². The summed E-state index contributed by atoms with van der Waals surface area (Å²) in [7, 11) is 0. The monoisotopic (exact) mass is 508 g/mol. The SMILES string of the molecule is O=C1c2ccccc2C(=O)C(Br)(C2CCC(c3ccc(Cl)cc3)CC2)C1Br. The first-order valence-corrected chi connectivity index (χ1v) is 11.3. The number of carbonyl (C=O) groups excluding carboxylic acids is 2. The van der Waals surface area contributed by atoms with Gasteiger partial charge in [-0.05, 0) is 55.2 Å². The molecule has 0 aromatic heterocycles. The molecule has 0 N–H and O–H groups in total. The van der Waals surface area contributed by atoms with Crippen LogP contribution in [0.4, 0.5) is 0 Å². The molecule has 2 aromatic rings. The van der Waals surface area contributed by atoms with Gasteiger partial charge in [0.1, 0.15) is 9.15 Å². The first kappa shape index (κ1) is 19.4. The second-order valence-corrected chi connectivity index (χ2v) is 10.1. The zero-order chi connectivity index (χ0) is 19.2. The number of halogens is 3. The van der Waals surface area contributed by atoms with Crippen molar-refractivity contribution in [2.24, 2.45) is 5.92 Å². The predicted octanol–water partition coefficient (Wildman–Crippen LogP) is 6.59. The second-order valence-electron chi connectivity index (χ2n) is 7.47. The van der Waals surface area contributed by atoms with Gasteiger partial charge in [0.2, 0.25) is 0 Å². The Morgan fingerprint density at radius 2 is 1.48 bits per heavy atom. The summed E-state index contributed by atoms with van der Waals surface area (Å²) in [5, 5.41) is 0.749. The fraction of sp³-hybridized carbons (Fsp3) is 0.364. The molecule has 2 aliphatic carbocycles. The van der Waals surface area contributed by atoms with Crippen molar-refractivity contribution in [3.63, 3.8) is 0 Å². The smallest absolute Gasteiger partial charge is 0.182 e. The summed E-state index contributed by atoms with van der Waals surface area (Å²) >= 11 is 13.3. The normalized spacial score (nSPS) is 30.9. The van der Waals surface area contributed by atoms with Crippen molar-refractivity contribution in [3.05, 3.63) is 70.2 Å². The first-order chi connectivity index (χ1) is 12.9. The van der Waals surface area contributed by atoms with Gasteiger partial charge in [0.05, 0.1) is 0 Å². The number of hydrogen-bond acceptors (Lipinski definition) is 2. The Kier molecular flexibility index (Phi) is 5.34. The van der Waals surface area contributed by atoms with Crippen LogP contribution in [0.1, 0.15) is 57.9 Å². The van der Waals surface area contributed by atoms with Crippen LogP contribution in [0, 0.1) is 5.92 Å². The number of ketones is 2. The third-order valence-corrected chi connectivity index (χ3v) is 9.52. The molecule has 0 aliphatic heterocycles. The highest BCUT2D eigenvalue weighted by Crippen LogP contribution is 2.51. The van der Waals surface area contributed by atoms with Crippen LogP contribution in [0.2, 0.25) is 5.02 Å². The lowest BCUT2D eigenvalue weighted by molar-refractivity contribution is 0.0804. The summed E-state index contributed by atoms with van der Waals surface area (Å²) in [6.45, 7) is 0. The molecule has 0 amide bonds. The molecule has 0 heterocycles. The molecule has 5 heteroatoms. The molecule has 2 aliphatic rings. The summed E-state index contributed by atoms with van der Waals surface area (Å²) in [6, 6.07) is 15.2. The molecule has 0 saturated heterocycles. The Morgan fingerprint density at radius 3 is 2.11 bits per heavy atom. The van der Waals surface area contributed by atoms with E-state index >= 15 is 0 Å². The average Bonchev–Trinajstić information content (AvgIpc) is 2.71. The van der Waals surface area contributed by atoms with Gasteiger partial charge in [-0.25, -0.2) is 0 Å². The molecule has 2 atom stereocenters. The molecule has 2 unspecified atom stereocenters. The maximum Gasteiger partial charge on any atom is 0.182 e. The van der Waals surface area contributed by atoms with Gasteiger partial charge in [-0.15, -0.1) is 0 Å². The van der Waals surface area contributed by atoms with Gasteiger partial charge in [0.15, 0.2) is 11.6 Å². The fourth-order valence-corrected chi connectivity index (χ4v) is 6.35. The van der Waals surface area contributed by atoms with Crippen molar-refractivity contribution in [1.82, 2.24) is 0 Å². The van der Waals surface area contributed by atoms with E-state index in [9.17, 15) is 9.59 Å². The summed E-state index contributed by atoms with van der Waals surface area (Å²) in [5.41, 5.74) is 2.36. The lowest BCUT2D eigenvalue weighted by Crippen LogP contribution is -2.54. The van der Waals surface area contributed by atoms with Crippen LogP contribution in [0.3, 0.4) is 0 Å². The van der Waals surface area contributed by atoms with E-state index in [0.717, 1.165) is 30.7 Å². The first-order valence-electron chi connectivity index (χ1n) is 9.19. The van der Waals surface area contributed by atoms with Crippen LogP contribution >= 0.6 is 43.5 Å². The predicted molar refractivity (Wildman–Crippen MR) is 116 cm³/mol. The van der Waals surface area contributed by atoms with Gasteiger partial charge in [-0.3, -0.25) is 9.59 Å². The molecule has 2 nitrogen and oxygen atoms in total. The van der Waals surface area contributed by atoms with E-state index in [1.165, 1.54) is 5.56 Å². The van der Waals surface area contributed by atoms with E-state index < -0.39 is 9.15 Å². The van der Waals surface area contributed by atoms with Gasteiger partial charge < -0.3 is 0 Å². The maximum atomic E-state index is 13.3. The van der Waals surface area contributed by atoms with Crippen molar-refractivity contribution in [2.45, 2.75) is 40.8 Å². The molecule has 140 valence electrons. The molecule has 2 aromatic carbocycles. The number of fused-ring (bicyclic) bond motifs is 1. The Balaban J connectivity index is 1.58. The van der Waals surface area contributed by atoms with Crippen LogP contribution in [0.15, 0.2) is 48.5 Å². The molecule has 0 bridgehead atoms. The second kappa shape index (κ2) is 7.46. The Labute approximate surface area is 180 Å². The van der Waals surface area contributed by atoms with E-state index in [0.29, 0.717) is 17.0 Å². The van der Waals surface area contributed by atoms with Crippen LogP contribution < -0.4 is 0 Å². The van der Waals surface area contributed by atoms with Gasteiger partial charge in [-0.1, -0.05) is 79.9 Å². The summed E-state index contributed by atoms with van der Waals surface area (Å²) in [5.74, 6) is 0.608. The lowest BCUT2D eigenvalue weighted by Gasteiger charge is -2.43. The fourth-order valence-electron chi connectivity index (χ4n) is 4.52. The number of alkyl halides is 2. The van der Waals surface area contributed by atoms with Crippen LogP contribution in [-0.2, 0) is 0 Å². The van der Waals surface area contributed by atoms with Crippen LogP contribution in [0.5, 0.6) is 0 Å². The van der Waals surface area contributed by atoms with Gasteiger partial charge in [0.25, 0.3) is 0 Å². The maximum absolute atomic E-state index is 13.3. The molecule has 0 spiro atoms. The van der Waals surface area contributed by atoms with E-state index in [2.05, 4.69) is 44.0 Å². The minimum atomic E-state index is -0.872. The van der Waals surface area contributed by atoms with Crippen molar-refractivity contribution >= 4 is 55.0 Å². The largest absolute Gasteiger partial charge is 0.293 e. The highest BCUT2D eigenvalue weighted by molar-refractivity contribution is 9.13. The van der Waals surface area contributed by atoms with Crippen molar-refractivity contribution in [2.75, 3.05) is 0 Å². The van der Waals surface area contributed by atoms with Gasteiger partial charge in [-0.2, -0.15) is 0 Å². The van der Waals surface area contributed by atoms with Crippen LogP contribution in [-0.4, -0.2) is 20.7 Å². The molecule has 0 radical (unpaired) electrons. The quantitative estimate of drug-likeness (QED) is 0.427. The molecule has 4 rings (SSSR count). The van der Waals surface area contributed by atoms with E-state index in [4.69, 9.17) is 11.6 Å². The Bertz CT molecular complexity index is 887. The van der Waals surface area contributed by atoms with Crippen molar-refractivity contribution < 1.29 is 9.59 Å².